The zero-order valence-corrected chi connectivity index (χ0v) is 16.1. The summed E-state index contributed by atoms with van der Waals surface area (Å²) in [4.78, 5) is 27.3. The number of amides is 2. The third-order valence-corrected chi connectivity index (χ3v) is 5.14. The van der Waals surface area contributed by atoms with Gasteiger partial charge < -0.3 is 10.2 Å². The zero-order chi connectivity index (χ0) is 19.7. The Morgan fingerprint density at radius 1 is 0.964 bits per heavy atom. The molecular weight excluding hydrogens is 372 g/mol. The van der Waals surface area contributed by atoms with Crippen LogP contribution in [0.15, 0.2) is 72.8 Å². The van der Waals surface area contributed by atoms with Crippen LogP contribution in [0.1, 0.15) is 33.2 Å². The van der Waals surface area contributed by atoms with E-state index in [2.05, 4.69) is 11.4 Å². The number of benzene rings is 3. The number of carbonyl (C=O) groups is 2. The molecule has 0 bridgehead atoms. The number of nitrogens with zero attached hydrogens (tertiary/aromatic N) is 1. The van der Waals surface area contributed by atoms with E-state index in [4.69, 9.17) is 11.6 Å². The van der Waals surface area contributed by atoms with Crippen molar-refractivity contribution in [2.75, 3.05) is 10.2 Å². The second-order valence-corrected chi connectivity index (χ2v) is 7.34. The maximum Gasteiger partial charge on any atom is 0.258 e. The first-order valence-corrected chi connectivity index (χ1v) is 9.49. The number of carbonyl (C=O) groups excluding carboxylic acids is 2. The van der Waals surface area contributed by atoms with E-state index in [9.17, 15) is 9.59 Å². The van der Waals surface area contributed by atoms with Gasteiger partial charge in [-0.2, -0.15) is 0 Å². The molecule has 0 aliphatic carbocycles. The van der Waals surface area contributed by atoms with E-state index in [1.807, 2.05) is 30.0 Å². The molecule has 3 aromatic carbocycles. The summed E-state index contributed by atoms with van der Waals surface area (Å²) in [5, 5.41) is 3.36. The van der Waals surface area contributed by atoms with Gasteiger partial charge in [0, 0.05) is 33.6 Å². The Labute approximate surface area is 168 Å². The molecule has 0 spiro atoms. The van der Waals surface area contributed by atoms with Crippen molar-refractivity contribution in [1.82, 2.24) is 0 Å². The average molecular weight is 391 g/mol. The van der Waals surface area contributed by atoms with Crippen LogP contribution in [-0.4, -0.2) is 17.9 Å². The van der Waals surface area contributed by atoms with Crippen LogP contribution in [0.25, 0.3) is 0 Å². The summed E-state index contributed by atoms with van der Waals surface area (Å²) in [5.41, 5.74) is 3.80. The normalized spacial score (nSPS) is 15.2. The number of para-hydroxylation sites is 1. The van der Waals surface area contributed by atoms with Crippen molar-refractivity contribution < 1.29 is 9.59 Å². The number of halogens is 1. The summed E-state index contributed by atoms with van der Waals surface area (Å²) in [7, 11) is 0. The second kappa shape index (κ2) is 7.49. The van der Waals surface area contributed by atoms with Gasteiger partial charge in [0.15, 0.2) is 0 Å². The van der Waals surface area contributed by atoms with Gasteiger partial charge in [0.25, 0.3) is 11.8 Å². The van der Waals surface area contributed by atoms with Crippen molar-refractivity contribution in [1.29, 1.82) is 0 Å². The third kappa shape index (κ3) is 3.51. The minimum absolute atomic E-state index is 0.0563. The quantitative estimate of drug-likeness (QED) is 0.669. The zero-order valence-electron chi connectivity index (χ0n) is 15.4. The third-order valence-electron chi connectivity index (χ3n) is 4.90. The molecule has 0 fully saturated rings. The monoisotopic (exact) mass is 390 g/mol. The van der Waals surface area contributed by atoms with Gasteiger partial charge in [-0.15, -0.1) is 0 Å². The Balaban J connectivity index is 1.52. The highest BCUT2D eigenvalue weighted by Crippen LogP contribution is 2.33. The largest absolute Gasteiger partial charge is 0.322 e. The average Bonchev–Trinajstić information content (AvgIpc) is 3.03. The van der Waals surface area contributed by atoms with Crippen LogP contribution >= 0.6 is 11.6 Å². The van der Waals surface area contributed by atoms with E-state index in [1.165, 1.54) is 5.56 Å². The molecule has 1 aliphatic heterocycles. The van der Waals surface area contributed by atoms with Crippen LogP contribution in [0, 0.1) is 0 Å². The molecule has 1 heterocycles. The summed E-state index contributed by atoms with van der Waals surface area (Å²) in [6, 6.07) is 21.8. The second-order valence-electron chi connectivity index (χ2n) is 6.90. The van der Waals surface area contributed by atoms with Gasteiger partial charge in [0.1, 0.15) is 0 Å². The molecule has 1 unspecified atom stereocenters. The van der Waals surface area contributed by atoms with Gasteiger partial charge in [0.2, 0.25) is 0 Å². The maximum absolute atomic E-state index is 13.0. The Morgan fingerprint density at radius 3 is 2.43 bits per heavy atom. The molecule has 2 amide bonds. The molecule has 1 aliphatic rings. The molecule has 0 saturated heterocycles. The van der Waals surface area contributed by atoms with E-state index in [0.717, 1.165) is 12.1 Å². The van der Waals surface area contributed by atoms with Crippen LogP contribution in [0.3, 0.4) is 0 Å². The van der Waals surface area contributed by atoms with E-state index in [1.54, 1.807) is 48.5 Å². The van der Waals surface area contributed by atoms with Gasteiger partial charge in [-0.1, -0.05) is 35.9 Å². The van der Waals surface area contributed by atoms with Crippen LogP contribution in [0.4, 0.5) is 11.4 Å². The van der Waals surface area contributed by atoms with E-state index < -0.39 is 0 Å². The maximum atomic E-state index is 13.0. The minimum Gasteiger partial charge on any atom is -0.322 e. The van der Waals surface area contributed by atoms with Gasteiger partial charge in [-0.3, -0.25) is 9.59 Å². The SMILES string of the molecule is CC1Cc2ccccc2N1C(=O)c1ccc(C(=O)Nc2cccc(Cl)c2)cc1. The van der Waals surface area contributed by atoms with Crippen molar-refractivity contribution in [3.63, 3.8) is 0 Å². The number of fused-ring (bicyclic) bond motifs is 1. The van der Waals surface area contributed by atoms with Gasteiger partial charge in [0.05, 0.1) is 0 Å². The molecule has 0 saturated carbocycles. The highest BCUT2D eigenvalue weighted by atomic mass is 35.5. The molecule has 0 aromatic heterocycles. The lowest BCUT2D eigenvalue weighted by molar-refractivity contribution is 0.0978. The molecule has 5 heteroatoms. The summed E-state index contributed by atoms with van der Waals surface area (Å²) in [6.07, 6.45) is 0.849. The first-order valence-electron chi connectivity index (χ1n) is 9.11. The number of rotatable bonds is 3. The standard InChI is InChI=1S/C23H19ClN2O2/c1-15-13-18-5-2-3-8-21(18)26(15)23(28)17-11-9-16(10-12-17)22(27)25-20-7-4-6-19(24)14-20/h2-12,14-15H,13H2,1H3,(H,25,27). The van der Waals surface area contributed by atoms with Gasteiger partial charge in [-0.25, -0.2) is 0 Å². The van der Waals surface area contributed by atoms with Crippen molar-refractivity contribution in [3.8, 4) is 0 Å². The number of hydrogen-bond acceptors (Lipinski definition) is 2. The topological polar surface area (TPSA) is 49.4 Å². The van der Waals surface area contributed by atoms with Crippen LogP contribution in [-0.2, 0) is 6.42 Å². The van der Waals surface area contributed by atoms with Crippen molar-refractivity contribution in [2.45, 2.75) is 19.4 Å². The van der Waals surface area contributed by atoms with Gasteiger partial charge in [-0.05, 0) is 67.4 Å². The number of anilines is 2. The highest BCUT2D eigenvalue weighted by Gasteiger charge is 2.31. The fraction of sp³-hybridized carbons (Fsp3) is 0.130. The van der Waals surface area contributed by atoms with Crippen LogP contribution in [0.2, 0.25) is 5.02 Å². The molecule has 4 nitrogen and oxygen atoms in total. The summed E-state index contributed by atoms with van der Waals surface area (Å²) in [6.45, 7) is 2.05. The molecule has 0 radical (unpaired) electrons. The summed E-state index contributed by atoms with van der Waals surface area (Å²) < 4.78 is 0. The lowest BCUT2D eigenvalue weighted by atomic mass is 10.1. The smallest absolute Gasteiger partial charge is 0.258 e. The van der Waals surface area contributed by atoms with Crippen LogP contribution < -0.4 is 10.2 Å². The lowest BCUT2D eigenvalue weighted by Gasteiger charge is -2.23. The predicted molar refractivity (Wildman–Crippen MR) is 112 cm³/mol. The first kappa shape index (κ1) is 18.3. The predicted octanol–water partition coefficient (Wildman–Crippen LogP) is 5.18. The Kier molecular flexibility index (Phi) is 4.88. The number of hydrogen-bond donors (Lipinski definition) is 1. The Morgan fingerprint density at radius 2 is 1.68 bits per heavy atom. The highest BCUT2D eigenvalue weighted by molar-refractivity contribution is 6.31. The first-order chi connectivity index (χ1) is 13.5. The molecule has 140 valence electrons. The molecule has 1 atom stereocenters. The Bertz CT molecular complexity index is 1050. The van der Waals surface area contributed by atoms with Crippen molar-refractivity contribution in [2.24, 2.45) is 0 Å². The minimum atomic E-state index is -0.249. The van der Waals surface area contributed by atoms with E-state index in [0.29, 0.717) is 21.8 Å². The fourth-order valence-electron chi connectivity index (χ4n) is 3.55. The fourth-order valence-corrected chi connectivity index (χ4v) is 3.74. The van der Waals surface area contributed by atoms with E-state index >= 15 is 0 Å². The molecule has 28 heavy (non-hydrogen) atoms. The lowest BCUT2D eigenvalue weighted by Crippen LogP contribution is -2.35. The van der Waals surface area contributed by atoms with Gasteiger partial charge >= 0.3 is 0 Å². The van der Waals surface area contributed by atoms with E-state index in [-0.39, 0.29) is 17.9 Å². The summed E-state index contributed by atoms with van der Waals surface area (Å²) in [5.74, 6) is -0.305. The molecular formula is C23H19ClN2O2. The number of nitrogens with one attached hydrogen (secondary N) is 1. The Hall–Kier alpha value is -3.11. The molecule has 1 N–H and O–H groups in total. The summed E-state index contributed by atoms with van der Waals surface area (Å²) >= 11 is 5.95. The van der Waals surface area contributed by atoms with Crippen molar-refractivity contribution >= 4 is 34.8 Å². The van der Waals surface area contributed by atoms with Crippen molar-refractivity contribution in [3.05, 3.63) is 94.5 Å². The molecule has 4 rings (SSSR count). The molecule has 3 aromatic rings. The van der Waals surface area contributed by atoms with Crippen LogP contribution in [0.5, 0.6) is 0 Å².